The molecule has 0 spiro atoms. The lowest BCUT2D eigenvalue weighted by atomic mass is 10.2. The lowest BCUT2D eigenvalue weighted by molar-refractivity contribution is 0.0569. The standard InChI is InChI=1S/C9H11ClF2N2O2/c1-6-7(4-13-16-6)9(15)14(3-2-10)5-8(11)12/h4,8H,2-3,5H2,1H3. The van der Waals surface area contributed by atoms with Crippen LogP contribution < -0.4 is 0 Å². The summed E-state index contributed by atoms with van der Waals surface area (Å²) >= 11 is 5.45. The summed E-state index contributed by atoms with van der Waals surface area (Å²) in [7, 11) is 0. The molecule has 1 heterocycles. The van der Waals surface area contributed by atoms with Crippen LogP contribution in [0.25, 0.3) is 0 Å². The highest BCUT2D eigenvalue weighted by Gasteiger charge is 2.22. The quantitative estimate of drug-likeness (QED) is 0.753. The van der Waals surface area contributed by atoms with Crippen molar-refractivity contribution in [2.45, 2.75) is 13.3 Å². The fourth-order valence-electron chi connectivity index (χ4n) is 1.22. The van der Waals surface area contributed by atoms with E-state index in [1.165, 1.54) is 6.20 Å². The van der Waals surface area contributed by atoms with Gasteiger partial charge in [-0.25, -0.2) is 8.78 Å². The number of alkyl halides is 3. The molecule has 0 aromatic carbocycles. The van der Waals surface area contributed by atoms with Crippen LogP contribution in [0.5, 0.6) is 0 Å². The summed E-state index contributed by atoms with van der Waals surface area (Å²) in [5.74, 6) is -0.137. The van der Waals surface area contributed by atoms with Crippen molar-refractivity contribution in [1.82, 2.24) is 10.1 Å². The molecule has 0 aliphatic carbocycles. The van der Waals surface area contributed by atoms with Crippen molar-refractivity contribution in [3.63, 3.8) is 0 Å². The number of nitrogens with zero attached hydrogens (tertiary/aromatic N) is 2. The Bertz CT molecular complexity index is 357. The first-order valence-corrected chi connectivity index (χ1v) is 5.14. The highest BCUT2D eigenvalue weighted by atomic mass is 35.5. The molecular weight excluding hydrogens is 242 g/mol. The summed E-state index contributed by atoms with van der Waals surface area (Å²) in [5, 5.41) is 3.42. The average molecular weight is 253 g/mol. The maximum atomic E-state index is 12.2. The maximum absolute atomic E-state index is 12.2. The zero-order chi connectivity index (χ0) is 12.1. The van der Waals surface area contributed by atoms with Gasteiger partial charge < -0.3 is 9.42 Å². The monoisotopic (exact) mass is 252 g/mol. The third-order valence-corrected chi connectivity index (χ3v) is 2.15. The van der Waals surface area contributed by atoms with E-state index in [0.717, 1.165) is 4.90 Å². The van der Waals surface area contributed by atoms with E-state index in [0.29, 0.717) is 5.76 Å². The normalized spacial score (nSPS) is 10.8. The molecule has 4 nitrogen and oxygen atoms in total. The Hall–Kier alpha value is -1.17. The third kappa shape index (κ3) is 3.16. The summed E-state index contributed by atoms with van der Waals surface area (Å²) in [6.07, 6.45) is -1.38. The molecule has 1 aromatic rings. The summed E-state index contributed by atoms with van der Waals surface area (Å²) in [4.78, 5) is 12.8. The molecular formula is C9H11ClF2N2O2. The van der Waals surface area contributed by atoms with E-state index in [9.17, 15) is 13.6 Å². The summed E-state index contributed by atoms with van der Waals surface area (Å²) in [6, 6.07) is 0. The van der Waals surface area contributed by atoms with E-state index in [1.807, 2.05) is 0 Å². The highest BCUT2D eigenvalue weighted by molar-refractivity contribution is 6.18. The van der Waals surface area contributed by atoms with Gasteiger partial charge in [0.25, 0.3) is 12.3 Å². The molecule has 1 aromatic heterocycles. The highest BCUT2D eigenvalue weighted by Crippen LogP contribution is 2.11. The van der Waals surface area contributed by atoms with Crippen molar-refractivity contribution in [2.24, 2.45) is 0 Å². The van der Waals surface area contributed by atoms with Gasteiger partial charge in [-0.2, -0.15) is 0 Å². The van der Waals surface area contributed by atoms with Gasteiger partial charge in [0.05, 0.1) is 12.7 Å². The third-order valence-electron chi connectivity index (χ3n) is 1.98. The molecule has 1 amide bonds. The summed E-state index contributed by atoms with van der Waals surface area (Å²) in [5.41, 5.74) is 0.186. The molecule has 1 rings (SSSR count). The van der Waals surface area contributed by atoms with E-state index >= 15 is 0 Å². The van der Waals surface area contributed by atoms with Crippen LogP contribution in [0, 0.1) is 6.92 Å². The molecule has 0 saturated heterocycles. The van der Waals surface area contributed by atoms with Crippen LogP contribution in [0.4, 0.5) is 8.78 Å². The topological polar surface area (TPSA) is 46.3 Å². The van der Waals surface area contributed by atoms with Gasteiger partial charge in [-0.1, -0.05) is 5.16 Å². The number of carbonyl (C=O) groups is 1. The first-order chi connectivity index (χ1) is 7.56. The Morgan fingerprint density at radius 2 is 2.38 bits per heavy atom. The van der Waals surface area contributed by atoms with Crippen LogP contribution in [0.2, 0.25) is 0 Å². The predicted octanol–water partition coefficient (Wildman–Crippen LogP) is 1.93. The minimum atomic E-state index is -2.59. The van der Waals surface area contributed by atoms with Crippen molar-refractivity contribution in [3.05, 3.63) is 17.5 Å². The zero-order valence-electron chi connectivity index (χ0n) is 8.62. The van der Waals surface area contributed by atoms with Crippen LogP contribution in [0.3, 0.4) is 0 Å². The van der Waals surface area contributed by atoms with Gasteiger partial charge in [0.1, 0.15) is 11.3 Å². The number of hydrogen-bond donors (Lipinski definition) is 0. The fraction of sp³-hybridized carbons (Fsp3) is 0.556. The molecule has 0 fully saturated rings. The SMILES string of the molecule is Cc1oncc1C(=O)N(CCCl)CC(F)F. The molecule has 0 aliphatic heterocycles. The number of rotatable bonds is 5. The smallest absolute Gasteiger partial charge is 0.259 e. The molecule has 0 saturated carbocycles. The van der Waals surface area contributed by atoms with E-state index in [-0.39, 0.29) is 18.0 Å². The minimum absolute atomic E-state index is 0.0648. The summed E-state index contributed by atoms with van der Waals surface area (Å²) in [6.45, 7) is 0.965. The average Bonchev–Trinajstić information content (AvgIpc) is 2.62. The van der Waals surface area contributed by atoms with Crippen LogP contribution >= 0.6 is 11.6 Å². The molecule has 90 valence electrons. The van der Waals surface area contributed by atoms with Gasteiger partial charge in [-0.15, -0.1) is 11.6 Å². The van der Waals surface area contributed by atoms with Crippen molar-refractivity contribution in [2.75, 3.05) is 19.0 Å². The van der Waals surface area contributed by atoms with Crippen molar-refractivity contribution in [3.8, 4) is 0 Å². The molecule has 16 heavy (non-hydrogen) atoms. The Kier molecular flexibility index (Phi) is 4.67. The van der Waals surface area contributed by atoms with Gasteiger partial charge >= 0.3 is 0 Å². The lowest BCUT2D eigenvalue weighted by Gasteiger charge is -2.20. The predicted molar refractivity (Wildman–Crippen MR) is 53.9 cm³/mol. The Balaban J connectivity index is 2.78. The largest absolute Gasteiger partial charge is 0.361 e. The zero-order valence-corrected chi connectivity index (χ0v) is 9.38. The first-order valence-electron chi connectivity index (χ1n) is 4.61. The second-order valence-corrected chi connectivity index (χ2v) is 3.50. The second kappa shape index (κ2) is 5.79. The van der Waals surface area contributed by atoms with Crippen LogP contribution in [0.15, 0.2) is 10.7 Å². The van der Waals surface area contributed by atoms with E-state index in [4.69, 9.17) is 16.1 Å². The van der Waals surface area contributed by atoms with E-state index < -0.39 is 18.9 Å². The molecule has 0 atom stereocenters. The Labute approximate surface area is 96.1 Å². The molecule has 7 heteroatoms. The fourth-order valence-corrected chi connectivity index (χ4v) is 1.42. The minimum Gasteiger partial charge on any atom is -0.361 e. The van der Waals surface area contributed by atoms with Crippen LogP contribution in [-0.4, -0.2) is 41.4 Å². The van der Waals surface area contributed by atoms with Crippen molar-refractivity contribution in [1.29, 1.82) is 0 Å². The van der Waals surface area contributed by atoms with E-state index in [2.05, 4.69) is 5.16 Å². The number of hydrogen-bond acceptors (Lipinski definition) is 3. The summed E-state index contributed by atoms with van der Waals surface area (Å²) < 4.78 is 29.2. The second-order valence-electron chi connectivity index (χ2n) is 3.13. The van der Waals surface area contributed by atoms with E-state index in [1.54, 1.807) is 6.92 Å². The van der Waals surface area contributed by atoms with Gasteiger partial charge in [-0.3, -0.25) is 4.79 Å². The Morgan fingerprint density at radius 1 is 1.69 bits per heavy atom. The molecule has 0 bridgehead atoms. The number of aromatic nitrogens is 1. The van der Waals surface area contributed by atoms with Gasteiger partial charge in [0.2, 0.25) is 0 Å². The van der Waals surface area contributed by atoms with Gasteiger partial charge in [0, 0.05) is 12.4 Å². The number of halogens is 3. The van der Waals surface area contributed by atoms with Gasteiger partial charge in [0.15, 0.2) is 0 Å². The van der Waals surface area contributed by atoms with Crippen molar-refractivity contribution < 1.29 is 18.1 Å². The lowest BCUT2D eigenvalue weighted by Crippen LogP contribution is -2.36. The van der Waals surface area contributed by atoms with Crippen LogP contribution in [0.1, 0.15) is 16.1 Å². The molecule has 0 aliphatic rings. The maximum Gasteiger partial charge on any atom is 0.259 e. The Morgan fingerprint density at radius 3 is 2.81 bits per heavy atom. The molecule has 0 unspecified atom stereocenters. The van der Waals surface area contributed by atoms with Crippen molar-refractivity contribution >= 4 is 17.5 Å². The first kappa shape index (κ1) is 12.9. The van der Waals surface area contributed by atoms with Gasteiger partial charge in [-0.05, 0) is 6.92 Å². The molecule has 0 N–H and O–H groups in total. The number of carbonyl (C=O) groups excluding carboxylic acids is 1. The number of amides is 1. The van der Waals surface area contributed by atoms with Crippen LogP contribution in [-0.2, 0) is 0 Å². The number of aryl methyl sites for hydroxylation is 1. The molecule has 0 radical (unpaired) electrons.